The van der Waals surface area contributed by atoms with Crippen molar-refractivity contribution in [2.24, 2.45) is 0 Å². The molecular formula is C15H21NO2. The normalized spacial score (nSPS) is 11.2. The van der Waals surface area contributed by atoms with Crippen LogP contribution < -0.4 is 4.74 Å². The quantitative estimate of drug-likeness (QED) is 0.749. The molecule has 98 valence electrons. The third-order valence-electron chi connectivity index (χ3n) is 2.89. The van der Waals surface area contributed by atoms with Crippen LogP contribution in [0.4, 0.5) is 0 Å². The number of benzene rings is 1. The van der Waals surface area contributed by atoms with Crippen LogP contribution in [0.15, 0.2) is 29.8 Å². The largest absolute Gasteiger partial charge is 0.497 e. The van der Waals surface area contributed by atoms with Crippen molar-refractivity contribution >= 4 is 12.0 Å². The van der Waals surface area contributed by atoms with Crippen LogP contribution in [-0.2, 0) is 4.79 Å². The Hall–Kier alpha value is -1.77. The van der Waals surface area contributed by atoms with Crippen LogP contribution in [0, 0.1) is 0 Å². The van der Waals surface area contributed by atoms with Gasteiger partial charge in [0.05, 0.1) is 7.11 Å². The van der Waals surface area contributed by atoms with Crippen molar-refractivity contribution in [3.8, 4) is 5.75 Å². The van der Waals surface area contributed by atoms with E-state index in [1.807, 2.05) is 56.0 Å². The van der Waals surface area contributed by atoms with E-state index in [9.17, 15) is 4.79 Å². The average Bonchev–Trinajstić information content (AvgIpc) is 2.40. The van der Waals surface area contributed by atoms with E-state index >= 15 is 0 Å². The molecule has 1 aromatic carbocycles. The molecule has 3 nitrogen and oxygen atoms in total. The van der Waals surface area contributed by atoms with Crippen LogP contribution in [0.3, 0.4) is 0 Å². The van der Waals surface area contributed by atoms with Gasteiger partial charge in [0, 0.05) is 18.7 Å². The molecule has 0 aliphatic carbocycles. The number of nitrogens with zero attached hydrogens (tertiary/aromatic N) is 1. The molecule has 1 amide bonds. The van der Waals surface area contributed by atoms with Crippen LogP contribution in [0.25, 0.3) is 6.08 Å². The molecule has 0 spiro atoms. The fraction of sp³-hybridized carbons (Fsp3) is 0.400. The molecule has 0 aromatic heterocycles. The highest BCUT2D eigenvalue weighted by Gasteiger charge is 2.11. The zero-order chi connectivity index (χ0) is 13.5. The van der Waals surface area contributed by atoms with E-state index in [0.717, 1.165) is 30.0 Å². The molecular weight excluding hydrogens is 226 g/mol. The number of methoxy groups -OCH3 is 1. The first-order valence-electron chi connectivity index (χ1n) is 6.24. The lowest BCUT2D eigenvalue weighted by molar-refractivity contribution is -0.126. The molecule has 3 heteroatoms. The van der Waals surface area contributed by atoms with Gasteiger partial charge in [-0.1, -0.05) is 12.1 Å². The van der Waals surface area contributed by atoms with Crippen molar-refractivity contribution in [2.45, 2.75) is 20.8 Å². The molecule has 0 N–H and O–H groups in total. The molecule has 1 aromatic rings. The number of amides is 1. The number of rotatable bonds is 5. The maximum Gasteiger partial charge on any atom is 0.249 e. The van der Waals surface area contributed by atoms with Gasteiger partial charge in [-0.15, -0.1) is 0 Å². The summed E-state index contributed by atoms with van der Waals surface area (Å²) in [6.07, 6.45) is 1.90. The van der Waals surface area contributed by atoms with Crippen molar-refractivity contribution in [1.82, 2.24) is 4.90 Å². The van der Waals surface area contributed by atoms with Gasteiger partial charge in [0.2, 0.25) is 5.91 Å². The number of carbonyl (C=O) groups excluding carboxylic acids is 1. The first-order valence-corrected chi connectivity index (χ1v) is 6.24. The summed E-state index contributed by atoms with van der Waals surface area (Å²) in [6.45, 7) is 7.31. The van der Waals surface area contributed by atoms with E-state index in [1.54, 1.807) is 7.11 Å². The van der Waals surface area contributed by atoms with Crippen molar-refractivity contribution < 1.29 is 9.53 Å². The molecule has 0 saturated carbocycles. The van der Waals surface area contributed by atoms with E-state index in [0.29, 0.717) is 0 Å². The molecule has 0 aliphatic rings. The predicted octanol–water partition coefficient (Wildman–Crippen LogP) is 2.97. The summed E-state index contributed by atoms with van der Waals surface area (Å²) in [5, 5.41) is 0. The highest BCUT2D eigenvalue weighted by Crippen LogP contribution is 2.14. The Morgan fingerprint density at radius 1 is 1.22 bits per heavy atom. The lowest BCUT2D eigenvalue weighted by Gasteiger charge is -2.18. The summed E-state index contributed by atoms with van der Waals surface area (Å²) in [7, 11) is 1.64. The molecule has 1 rings (SSSR count). The van der Waals surface area contributed by atoms with Gasteiger partial charge in [0.1, 0.15) is 5.75 Å². The molecule has 0 heterocycles. The second kappa shape index (κ2) is 6.84. The Morgan fingerprint density at radius 2 is 1.78 bits per heavy atom. The summed E-state index contributed by atoms with van der Waals surface area (Å²) in [5.74, 6) is 0.913. The highest BCUT2D eigenvalue weighted by atomic mass is 16.5. The molecule has 0 bridgehead atoms. The maximum absolute atomic E-state index is 12.1. The summed E-state index contributed by atoms with van der Waals surface area (Å²) < 4.78 is 5.10. The number of hydrogen-bond acceptors (Lipinski definition) is 2. The van der Waals surface area contributed by atoms with Gasteiger partial charge in [-0.3, -0.25) is 4.79 Å². The van der Waals surface area contributed by atoms with Crippen LogP contribution in [0.1, 0.15) is 26.3 Å². The van der Waals surface area contributed by atoms with Crippen molar-refractivity contribution in [3.05, 3.63) is 35.4 Å². The molecule has 0 radical (unpaired) electrons. The molecule has 0 atom stereocenters. The topological polar surface area (TPSA) is 29.5 Å². The van der Waals surface area contributed by atoms with E-state index < -0.39 is 0 Å². The Bertz CT molecular complexity index is 417. The lowest BCUT2D eigenvalue weighted by Crippen LogP contribution is -2.30. The number of hydrogen-bond donors (Lipinski definition) is 0. The average molecular weight is 247 g/mol. The number of ether oxygens (including phenoxy) is 1. The lowest BCUT2D eigenvalue weighted by atomic mass is 10.1. The van der Waals surface area contributed by atoms with E-state index in [-0.39, 0.29) is 5.91 Å². The zero-order valence-electron chi connectivity index (χ0n) is 11.6. The summed E-state index contributed by atoms with van der Waals surface area (Å²) in [6, 6.07) is 7.66. The summed E-state index contributed by atoms with van der Waals surface area (Å²) in [4.78, 5) is 13.9. The first-order chi connectivity index (χ1) is 8.62. The van der Waals surface area contributed by atoms with Crippen molar-refractivity contribution in [3.63, 3.8) is 0 Å². The molecule has 0 aliphatic heterocycles. The highest BCUT2D eigenvalue weighted by molar-refractivity contribution is 5.97. The number of likely N-dealkylation sites (N-methyl/N-ethyl adjacent to an activating group) is 1. The Balaban J connectivity index is 2.84. The van der Waals surface area contributed by atoms with E-state index in [4.69, 9.17) is 4.74 Å². The SMILES string of the molecule is CCN(CC)C(=O)C(C)=Cc1ccc(OC)cc1. The minimum Gasteiger partial charge on any atom is -0.497 e. The van der Waals surface area contributed by atoms with Gasteiger partial charge < -0.3 is 9.64 Å². The monoisotopic (exact) mass is 247 g/mol. The van der Waals surface area contributed by atoms with Gasteiger partial charge in [-0.05, 0) is 44.5 Å². The smallest absolute Gasteiger partial charge is 0.249 e. The van der Waals surface area contributed by atoms with Crippen molar-refractivity contribution in [1.29, 1.82) is 0 Å². The van der Waals surface area contributed by atoms with E-state index in [1.165, 1.54) is 0 Å². The van der Waals surface area contributed by atoms with Crippen LogP contribution in [-0.4, -0.2) is 31.0 Å². The van der Waals surface area contributed by atoms with Gasteiger partial charge >= 0.3 is 0 Å². The van der Waals surface area contributed by atoms with Crippen LogP contribution >= 0.6 is 0 Å². The third kappa shape index (κ3) is 3.62. The van der Waals surface area contributed by atoms with Crippen molar-refractivity contribution in [2.75, 3.05) is 20.2 Å². The molecule has 18 heavy (non-hydrogen) atoms. The maximum atomic E-state index is 12.1. The molecule has 0 saturated heterocycles. The van der Waals surface area contributed by atoms with Crippen LogP contribution in [0.2, 0.25) is 0 Å². The second-order valence-corrected chi connectivity index (χ2v) is 4.08. The Kier molecular flexibility index (Phi) is 5.43. The minimum atomic E-state index is 0.0934. The van der Waals surface area contributed by atoms with Gasteiger partial charge in [-0.2, -0.15) is 0 Å². The predicted molar refractivity (Wildman–Crippen MR) is 74.6 cm³/mol. The fourth-order valence-corrected chi connectivity index (χ4v) is 1.77. The van der Waals surface area contributed by atoms with Gasteiger partial charge in [0.25, 0.3) is 0 Å². The summed E-state index contributed by atoms with van der Waals surface area (Å²) >= 11 is 0. The summed E-state index contributed by atoms with van der Waals surface area (Å²) in [5.41, 5.74) is 1.76. The van der Waals surface area contributed by atoms with Crippen LogP contribution in [0.5, 0.6) is 5.75 Å². The molecule has 0 unspecified atom stereocenters. The third-order valence-corrected chi connectivity index (χ3v) is 2.89. The standard InChI is InChI=1S/C15H21NO2/c1-5-16(6-2)15(17)12(3)11-13-7-9-14(18-4)10-8-13/h7-11H,5-6H2,1-4H3. The van der Waals surface area contributed by atoms with Gasteiger partial charge in [-0.25, -0.2) is 0 Å². The second-order valence-electron chi connectivity index (χ2n) is 4.08. The van der Waals surface area contributed by atoms with E-state index in [2.05, 4.69) is 0 Å². The zero-order valence-corrected chi connectivity index (χ0v) is 11.6. The number of carbonyl (C=O) groups is 1. The van der Waals surface area contributed by atoms with Gasteiger partial charge in [0.15, 0.2) is 0 Å². The Morgan fingerprint density at radius 3 is 2.22 bits per heavy atom. The minimum absolute atomic E-state index is 0.0934. The Labute approximate surface area is 109 Å². The fourth-order valence-electron chi connectivity index (χ4n) is 1.77. The first kappa shape index (κ1) is 14.3. The molecule has 0 fully saturated rings.